The summed E-state index contributed by atoms with van der Waals surface area (Å²) in [5.74, 6) is 0. The highest BCUT2D eigenvalue weighted by atomic mass is 16.5. The molecule has 13 heavy (non-hydrogen) atoms. The van der Waals surface area contributed by atoms with Gasteiger partial charge in [0.1, 0.15) is 0 Å². The summed E-state index contributed by atoms with van der Waals surface area (Å²) in [6, 6.07) is 0.697. The predicted octanol–water partition coefficient (Wildman–Crippen LogP) is 0.870. The van der Waals surface area contributed by atoms with Crippen molar-refractivity contribution in [2.45, 2.75) is 31.7 Å². The molecule has 1 N–H and O–H groups in total. The van der Waals surface area contributed by atoms with E-state index in [2.05, 4.69) is 4.90 Å². The summed E-state index contributed by atoms with van der Waals surface area (Å²) >= 11 is 0. The quantitative estimate of drug-likeness (QED) is 0.669. The van der Waals surface area contributed by atoms with Crippen molar-refractivity contribution in [2.24, 2.45) is 0 Å². The molecule has 1 rings (SSSR count). The van der Waals surface area contributed by atoms with Crippen LogP contribution in [0.15, 0.2) is 0 Å². The fourth-order valence-corrected chi connectivity index (χ4v) is 2.05. The van der Waals surface area contributed by atoms with Crippen molar-refractivity contribution in [3.8, 4) is 0 Å². The van der Waals surface area contributed by atoms with Gasteiger partial charge in [0, 0.05) is 26.3 Å². The smallest absolute Gasteiger partial charge is 0.0589 e. The molecule has 1 saturated heterocycles. The molecule has 3 nitrogen and oxygen atoms in total. The monoisotopic (exact) mass is 187 g/mol. The van der Waals surface area contributed by atoms with Crippen molar-refractivity contribution < 1.29 is 9.84 Å². The van der Waals surface area contributed by atoms with Crippen LogP contribution in [0.4, 0.5) is 0 Å². The van der Waals surface area contributed by atoms with Crippen LogP contribution in [0.5, 0.6) is 0 Å². The molecule has 0 bridgehead atoms. The maximum atomic E-state index is 8.75. The lowest BCUT2D eigenvalue weighted by Gasteiger charge is -2.23. The molecular formula is C10H21NO2. The molecule has 0 saturated carbocycles. The third-order valence-corrected chi connectivity index (χ3v) is 2.78. The summed E-state index contributed by atoms with van der Waals surface area (Å²) in [4.78, 5) is 2.49. The van der Waals surface area contributed by atoms with E-state index in [9.17, 15) is 0 Å². The maximum Gasteiger partial charge on any atom is 0.0589 e. The largest absolute Gasteiger partial charge is 0.396 e. The summed E-state index contributed by atoms with van der Waals surface area (Å²) in [6.45, 7) is 3.41. The Morgan fingerprint density at radius 3 is 3.08 bits per heavy atom. The number of nitrogens with zero attached hydrogens (tertiary/aromatic N) is 1. The SMILES string of the molecule is COCCN1CCCC1CCCO. The molecular weight excluding hydrogens is 166 g/mol. The van der Waals surface area contributed by atoms with Gasteiger partial charge in [-0.05, 0) is 32.2 Å². The Balaban J connectivity index is 2.18. The maximum absolute atomic E-state index is 8.75. The van der Waals surface area contributed by atoms with Gasteiger partial charge in [0.2, 0.25) is 0 Å². The van der Waals surface area contributed by atoms with Gasteiger partial charge in [-0.15, -0.1) is 0 Å². The van der Waals surface area contributed by atoms with Gasteiger partial charge >= 0.3 is 0 Å². The molecule has 1 heterocycles. The van der Waals surface area contributed by atoms with Crippen molar-refractivity contribution in [3.63, 3.8) is 0 Å². The van der Waals surface area contributed by atoms with Gasteiger partial charge in [-0.2, -0.15) is 0 Å². The van der Waals surface area contributed by atoms with E-state index >= 15 is 0 Å². The number of methoxy groups -OCH3 is 1. The molecule has 0 spiro atoms. The highest BCUT2D eigenvalue weighted by Crippen LogP contribution is 2.20. The van der Waals surface area contributed by atoms with Crippen LogP contribution in [-0.2, 0) is 4.74 Å². The molecule has 0 radical (unpaired) electrons. The lowest BCUT2D eigenvalue weighted by Crippen LogP contribution is -2.32. The van der Waals surface area contributed by atoms with E-state index in [0.29, 0.717) is 12.6 Å². The van der Waals surface area contributed by atoms with Gasteiger partial charge < -0.3 is 9.84 Å². The summed E-state index contributed by atoms with van der Waals surface area (Å²) in [6.07, 6.45) is 4.68. The van der Waals surface area contributed by atoms with Crippen molar-refractivity contribution in [1.29, 1.82) is 0 Å². The minimum Gasteiger partial charge on any atom is -0.396 e. The Bertz CT molecular complexity index is 116. The molecule has 0 aromatic carbocycles. The minimum absolute atomic E-state index is 0.328. The first-order chi connectivity index (χ1) is 6.38. The summed E-state index contributed by atoms with van der Waals surface area (Å²) < 4.78 is 5.07. The number of ether oxygens (including phenoxy) is 1. The third-order valence-electron chi connectivity index (χ3n) is 2.78. The van der Waals surface area contributed by atoms with Crippen LogP contribution in [0.2, 0.25) is 0 Å². The normalized spacial score (nSPS) is 24.0. The minimum atomic E-state index is 0.328. The molecule has 1 unspecified atom stereocenters. The molecule has 0 aromatic rings. The Hall–Kier alpha value is -0.120. The number of aliphatic hydroxyl groups excluding tert-OH is 1. The van der Waals surface area contributed by atoms with Crippen LogP contribution in [0.1, 0.15) is 25.7 Å². The summed E-state index contributed by atoms with van der Waals surface area (Å²) in [7, 11) is 1.75. The van der Waals surface area contributed by atoms with E-state index in [1.807, 2.05) is 0 Å². The Morgan fingerprint density at radius 2 is 2.38 bits per heavy atom. The number of hydrogen-bond acceptors (Lipinski definition) is 3. The summed E-state index contributed by atoms with van der Waals surface area (Å²) in [5.41, 5.74) is 0. The van der Waals surface area contributed by atoms with Crippen LogP contribution in [0.3, 0.4) is 0 Å². The fourth-order valence-electron chi connectivity index (χ4n) is 2.05. The van der Waals surface area contributed by atoms with Gasteiger partial charge in [-0.25, -0.2) is 0 Å². The topological polar surface area (TPSA) is 32.7 Å². The van der Waals surface area contributed by atoms with E-state index < -0.39 is 0 Å². The molecule has 0 amide bonds. The van der Waals surface area contributed by atoms with Crippen molar-refractivity contribution >= 4 is 0 Å². The molecule has 3 heteroatoms. The zero-order valence-electron chi connectivity index (χ0n) is 8.54. The lowest BCUT2D eigenvalue weighted by atomic mass is 10.1. The molecule has 1 aliphatic heterocycles. The van der Waals surface area contributed by atoms with Crippen LogP contribution in [0.25, 0.3) is 0 Å². The van der Waals surface area contributed by atoms with Crippen LogP contribution in [0, 0.1) is 0 Å². The van der Waals surface area contributed by atoms with Gasteiger partial charge in [0.05, 0.1) is 6.61 Å². The standard InChI is InChI=1S/C10H21NO2/c1-13-9-7-11-6-2-4-10(11)5-3-8-12/h10,12H,2-9H2,1H3. The Labute approximate surface area is 80.7 Å². The second-order valence-electron chi connectivity index (χ2n) is 3.69. The number of hydrogen-bond donors (Lipinski definition) is 1. The van der Waals surface area contributed by atoms with Gasteiger partial charge in [0.25, 0.3) is 0 Å². The fraction of sp³-hybridized carbons (Fsp3) is 1.00. The molecule has 1 aliphatic rings. The molecule has 1 fully saturated rings. The highest BCUT2D eigenvalue weighted by Gasteiger charge is 2.22. The highest BCUT2D eigenvalue weighted by molar-refractivity contribution is 4.78. The number of rotatable bonds is 6. The lowest BCUT2D eigenvalue weighted by molar-refractivity contribution is 0.135. The molecule has 0 aromatic heterocycles. The van der Waals surface area contributed by atoms with Gasteiger partial charge in [-0.3, -0.25) is 4.90 Å². The second kappa shape index (κ2) is 6.35. The Kier molecular flexibility index (Phi) is 5.35. The third kappa shape index (κ3) is 3.63. The number of aliphatic hydroxyl groups is 1. The Morgan fingerprint density at radius 1 is 1.54 bits per heavy atom. The average molecular weight is 187 g/mol. The van der Waals surface area contributed by atoms with E-state index in [1.165, 1.54) is 19.4 Å². The second-order valence-corrected chi connectivity index (χ2v) is 3.69. The van der Waals surface area contributed by atoms with E-state index in [0.717, 1.165) is 26.0 Å². The predicted molar refractivity (Wildman–Crippen MR) is 52.8 cm³/mol. The van der Waals surface area contributed by atoms with Crippen LogP contribution < -0.4 is 0 Å². The van der Waals surface area contributed by atoms with E-state index in [1.54, 1.807) is 7.11 Å². The van der Waals surface area contributed by atoms with Crippen molar-refractivity contribution in [3.05, 3.63) is 0 Å². The first-order valence-corrected chi connectivity index (χ1v) is 5.22. The van der Waals surface area contributed by atoms with E-state index in [4.69, 9.17) is 9.84 Å². The van der Waals surface area contributed by atoms with Gasteiger partial charge in [0.15, 0.2) is 0 Å². The van der Waals surface area contributed by atoms with Crippen molar-refractivity contribution in [2.75, 3.05) is 33.4 Å². The first-order valence-electron chi connectivity index (χ1n) is 5.22. The zero-order chi connectivity index (χ0) is 9.52. The summed E-state index contributed by atoms with van der Waals surface area (Å²) in [5, 5.41) is 8.75. The van der Waals surface area contributed by atoms with Crippen LogP contribution in [-0.4, -0.2) is 49.5 Å². The molecule has 0 aliphatic carbocycles. The average Bonchev–Trinajstić information content (AvgIpc) is 2.59. The van der Waals surface area contributed by atoms with E-state index in [-0.39, 0.29) is 0 Å². The number of likely N-dealkylation sites (tertiary alicyclic amines) is 1. The zero-order valence-corrected chi connectivity index (χ0v) is 8.54. The molecule has 1 atom stereocenters. The first kappa shape index (κ1) is 11.0. The van der Waals surface area contributed by atoms with Crippen LogP contribution >= 0.6 is 0 Å². The molecule has 78 valence electrons. The van der Waals surface area contributed by atoms with Gasteiger partial charge in [-0.1, -0.05) is 0 Å². The van der Waals surface area contributed by atoms with Crippen molar-refractivity contribution in [1.82, 2.24) is 4.90 Å².